The van der Waals surface area contributed by atoms with Crippen LogP contribution >= 0.6 is 0 Å². The third-order valence-electron chi connectivity index (χ3n) is 5.71. The molecule has 1 fully saturated rings. The number of para-hydroxylation sites is 1. The number of fused-ring (bicyclic) bond motifs is 1. The van der Waals surface area contributed by atoms with Gasteiger partial charge >= 0.3 is 0 Å². The molecule has 6 heteroatoms. The quantitative estimate of drug-likeness (QED) is 0.616. The van der Waals surface area contributed by atoms with Gasteiger partial charge in [0, 0.05) is 37.3 Å². The van der Waals surface area contributed by atoms with Crippen molar-refractivity contribution in [1.29, 1.82) is 0 Å². The predicted octanol–water partition coefficient (Wildman–Crippen LogP) is 2.56. The Kier molecular flexibility index (Phi) is 6.92. The van der Waals surface area contributed by atoms with Crippen molar-refractivity contribution in [2.45, 2.75) is 19.4 Å². The number of hydrogen-bond donors (Lipinski definition) is 2. The van der Waals surface area contributed by atoms with E-state index >= 15 is 0 Å². The molecular weight excluding hydrogens is 390 g/mol. The number of morpholine rings is 1. The fraction of sp³-hybridized carbons (Fsp3) is 0.360. The highest BCUT2D eigenvalue weighted by Crippen LogP contribution is 2.33. The standard InChI is InChI=1S/C25H29N3O3/c1-18-22(15-24(30)26-16-20(29)17-28-11-13-31-14-12-28)25(19-7-3-2-4-8-19)21-9-5-6-10-23(21)27-18/h2-10,20,29H,11-17H2,1H3,(H,26,30). The second-order valence-corrected chi connectivity index (χ2v) is 7.98. The molecule has 1 aliphatic heterocycles. The van der Waals surface area contributed by atoms with E-state index in [0.29, 0.717) is 19.8 Å². The van der Waals surface area contributed by atoms with E-state index in [1.165, 1.54) is 0 Å². The van der Waals surface area contributed by atoms with E-state index in [9.17, 15) is 9.90 Å². The molecule has 3 aromatic rings. The zero-order chi connectivity index (χ0) is 21.6. The number of β-amino-alcohol motifs (C(OH)–C–C–N with tert-alkyl or cyclic N) is 1. The van der Waals surface area contributed by atoms with Crippen molar-refractivity contribution >= 4 is 16.8 Å². The van der Waals surface area contributed by atoms with E-state index in [0.717, 1.165) is 46.4 Å². The number of aryl methyl sites for hydroxylation is 1. The van der Waals surface area contributed by atoms with Gasteiger partial charge in [0.05, 0.1) is 31.3 Å². The maximum absolute atomic E-state index is 12.8. The van der Waals surface area contributed by atoms with Crippen molar-refractivity contribution < 1.29 is 14.6 Å². The SMILES string of the molecule is Cc1nc2ccccc2c(-c2ccccc2)c1CC(=O)NCC(O)CN1CCOCC1. The van der Waals surface area contributed by atoms with Crippen LogP contribution in [0.2, 0.25) is 0 Å². The Balaban J connectivity index is 1.51. The Morgan fingerprint density at radius 1 is 1.13 bits per heavy atom. The third-order valence-corrected chi connectivity index (χ3v) is 5.71. The van der Waals surface area contributed by atoms with Gasteiger partial charge in [-0.1, -0.05) is 48.5 Å². The number of amides is 1. The summed E-state index contributed by atoms with van der Waals surface area (Å²) in [5, 5.41) is 14.3. The summed E-state index contributed by atoms with van der Waals surface area (Å²) in [6, 6.07) is 18.2. The number of benzene rings is 2. The molecular formula is C25H29N3O3. The lowest BCUT2D eigenvalue weighted by atomic mass is 9.92. The van der Waals surface area contributed by atoms with Crippen LogP contribution < -0.4 is 5.32 Å². The van der Waals surface area contributed by atoms with Gasteiger partial charge in [-0.05, 0) is 29.7 Å². The number of nitrogens with one attached hydrogen (secondary N) is 1. The number of ether oxygens (including phenoxy) is 1. The number of aliphatic hydroxyl groups excluding tert-OH is 1. The Hall–Kier alpha value is -2.80. The van der Waals surface area contributed by atoms with E-state index in [1.54, 1.807) is 0 Å². The molecule has 4 rings (SSSR count). The monoisotopic (exact) mass is 419 g/mol. The van der Waals surface area contributed by atoms with Crippen LogP contribution in [-0.2, 0) is 16.0 Å². The molecule has 1 unspecified atom stereocenters. The summed E-state index contributed by atoms with van der Waals surface area (Å²) in [7, 11) is 0. The number of aliphatic hydroxyl groups is 1. The number of nitrogens with zero attached hydrogens (tertiary/aromatic N) is 2. The Bertz CT molecular complexity index is 1030. The molecule has 2 N–H and O–H groups in total. The first-order valence-corrected chi connectivity index (χ1v) is 10.8. The summed E-state index contributed by atoms with van der Waals surface area (Å²) in [4.78, 5) is 19.7. The summed E-state index contributed by atoms with van der Waals surface area (Å²) in [5.74, 6) is -0.113. The second kappa shape index (κ2) is 10.0. The molecule has 1 atom stereocenters. The van der Waals surface area contributed by atoms with Crippen molar-refractivity contribution in [3.8, 4) is 11.1 Å². The summed E-state index contributed by atoms with van der Waals surface area (Å²) in [5.41, 5.74) is 4.81. The minimum absolute atomic E-state index is 0.113. The van der Waals surface area contributed by atoms with Gasteiger partial charge in [0.2, 0.25) is 5.91 Å². The van der Waals surface area contributed by atoms with Gasteiger partial charge in [-0.15, -0.1) is 0 Å². The first-order valence-electron chi connectivity index (χ1n) is 10.8. The molecule has 1 aliphatic rings. The summed E-state index contributed by atoms with van der Waals surface area (Å²) in [6.07, 6.45) is -0.385. The van der Waals surface area contributed by atoms with Crippen LogP contribution in [0.4, 0.5) is 0 Å². The molecule has 0 aliphatic carbocycles. The largest absolute Gasteiger partial charge is 0.390 e. The fourth-order valence-corrected chi connectivity index (χ4v) is 4.13. The van der Waals surface area contributed by atoms with Crippen LogP contribution in [0.1, 0.15) is 11.3 Å². The Labute approximate surface area is 182 Å². The molecule has 2 aromatic carbocycles. The fourth-order valence-electron chi connectivity index (χ4n) is 4.13. The van der Waals surface area contributed by atoms with Crippen molar-refractivity contribution in [3.63, 3.8) is 0 Å². The van der Waals surface area contributed by atoms with Crippen LogP contribution in [0, 0.1) is 6.92 Å². The van der Waals surface area contributed by atoms with Gasteiger partial charge in [-0.25, -0.2) is 0 Å². The molecule has 0 saturated carbocycles. The molecule has 2 heterocycles. The molecule has 31 heavy (non-hydrogen) atoms. The van der Waals surface area contributed by atoms with Crippen LogP contribution in [0.3, 0.4) is 0 Å². The Morgan fingerprint density at radius 3 is 2.61 bits per heavy atom. The lowest BCUT2D eigenvalue weighted by Crippen LogP contribution is -2.44. The van der Waals surface area contributed by atoms with Gasteiger partial charge < -0.3 is 15.2 Å². The van der Waals surface area contributed by atoms with Crippen molar-refractivity contribution in [3.05, 3.63) is 65.9 Å². The van der Waals surface area contributed by atoms with E-state index in [1.807, 2.05) is 43.3 Å². The highest BCUT2D eigenvalue weighted by molar-refractivity contribution is 5.98. The van der Waals surface area contributed by atoms with Crippen molar-refractivity contribution in [2.24, 2.45) is 0 Å². The average Bonchev–Trinajstić information content (AvgIpc) is 2.79. The van der Waals surface area contributed by atoms with Gasteiger partial charge in [0.15, 0.2) is 0 Å². The average molecular weight is 420 g/mol. The number of hydrogen-bond acceptors (Lipinski definition) is 5. The number of carbonyl (C=O) groups excluding carboxylic acids is 1. The maximum Gasteiger partial charge on any atom is 0.224 e. The van der Waals surface area contributed by atoms with Crippen LogP contribution in [0.25, 0.3) is 22.0 Å². The molecule has 6 nitrogen and oxygen atoms in total. The van der Waals surface area contributed by atoms with Crippen LogP contribution in [0.5, 0.6) is 0 Å². The number of pyridine rings is 1. The summed E-state index contributed by atoms with van der Waals surface area (Å²) in [6.45, 7) is 5.73. The molecule has 0 bridgehead atoms. The third kappa shape index (κ3) is 5.28. The maximum atomic E-state index is 12.8. The highest BCUT2D eigenvalue weighted by Gasteiger charge is 2.19. The zero-order valence-corrected chi connectivity index (χ0v) is 17.9. The van der Waals surface area contributed by atoms with Crippen molar-refractivity contribution in [2.75, 3.05) is 39.4 Å². The molecule has 1 saturated heterocycles. The lowest BCUT2D eigenvalue weighted by Gasteiger charge is -2.28. The first-order chi connectivity index (χ1) is 15.1. The van der Waals surface area contributed by atoms with Gasteiger partial charge in [0.1, 0.15) is 0 Å². The first kappa shape index (κ1) is 21.4. The predicted molar refractivity (Wildman–Crippen MR) is 122 cm³/mol. The van der Waals surface area contributed by atoms with E-state index in [2.05, 4.69) is 28.4 Å². The number of carbonyl (C=O) groups is 1. The molecule has 0 spiro atoms. The van der Waals surface area contributed by atoms with Crippen molar-refractivity contribution in [1.82, 2.24) is 15.2 Å². The lowest BCUT2D eigenvalue weighted by molar-refractivity contribution is -0.121. The molecule has 162 valence electrons. The smallest absolute Gasteiger partial charge is 0.224 e. The van der Waals surface area contributed by atoms with E-state index in [-0.39, 0.29) is 18.9 Å². The summed E-state index contributed by atoms with van der Waals surface area (Å²) < 4.78 is 5.34. The Morgan fingerprint density at radius 2 is 1.84 bits per heavy atom. The number of rotatable bonds is 7. The van der Waals surface area contributed by atoms with Crippen LogP contribution in [-0.4, -0.2) is 66.4 Å². The minimum atomic E-state index is -0.605. The number of aromatic nitrogens is 1. The normalized spacial score (nSPS) is 15.7. The van der Waals surface area contributed by atoms with Crippen LogP contribution in [0.15, 0.2) is 54.6 Å². The molecule has 0 radical (unpaired) electrons. The highest BCUT2D eigenvalue weighted by atomic mass is 16.5. The molecule has 1 amide bonds. The summed E-state index contributed by atoms with van der Waals surface area (Å²) >= 11 is 0. The van der Waals surface area contributed by atoms with E-state index in [4.69, 9.17) is 9.72 Å². The van der Waals surface area contributed by atoms with Gasteiger partial charge in [0.25, 0.3) is 0 Å². The van der Waals surface area contributed by atoms with Gasteiger partial charge in [-0.3, -0.25) is 14.7 Å². The topological polar surface area (TPSA) is 74.7 Å². The zero-order valence-electron chi connectivity index (χ0n) is 17.9. The molecule has 1 aromatic heterocycles. The second-order valence-electron chi connectivity index (χ2n) is 7.98. The van der Waals surface area contributed by atoms with Gasteiger partial charge in [-0.2, -0.15) is 0 Å². The van der Waals surface area contributed by atoms with E-state index < -0.39 is 6.10 Å². The minimum Gasteiger partial charge on any atom is -0.390 e.